The lowest BCUT2D eigenvalue weighted by Crippen LogP contribution is -2.55. The number of carbonyl (C=O) groups is 1. The van der Waals surface area contributed by atoms with Crippen molar-refractivity contribution in [3.05, 3.63) is 70.7 Å². The van der Waals surface area contributed by atoms with E-state index in [4.69, 9.17) is 18.6 Å². The van der Waals surface area contributed by atoms with E-state index < -0.39 is 81.3 Å². The first kappa shape index (κ1) is 36.0. The number of amides is 1. The van der Waals surface area contributed by atoms with Gasteiger partial charge in [-0.3, -0.25) is 5.32 Å². The number of alkyl halides is 6. The number of carbonyl (C=O) groups excluding carboxylic acids is 1. The molecule has 16 heteroatoms. The van der Waals surface area contributed by atoms with Crippen LogP contribution in [0.2, 0.25) is 0 Å². The van der Waals surface area contributed by atoms with Gasteiger partial charge in [0.2, 0.25) is 0 Å². The fraction of sp³-hybridized carbons (Fsp3) is 0.448. The van der Waals surface area contributed by atoms with Crippen molar-refractivity contribution in [2.45, 2.75) is 83.4 Å². The van der Waals surface area contributed by atoms with E-state index in [1.165, 1.54) is 53.7 Å². The summed E-state index contributed by atoms with van der Waals surface area (Å²) in [4.78, 5) is 16.3. The van der Waals surface area contributed by atoms with Crippen molar-refractivity contribution in [1.29, 1.82) is 0 Å². The fourth-order valence-electron chi connectivity index (χ4n) is 3.91. The van der Waals surface area contributed by atoms with Crippen molar-refractivity contribution >= 4 is 27.7 Å². The number of ether oxygens (including phenoxy) is 3. The first-order valence-corrected chi connectivity index (χ1v) is 14.0. The van der Waals surface area contributed by atoms with E-state index in [0.29, 0.717) is 11.6 Å². The van der Waals surface area contributed by atoms with Gasteiger partial charge in [0.15, 0.2) is 5.69 Å². The van der Waals surface area contributed by atoms with Crippen molar-refractivity contribution in [2.75, 3.05) is 5.32 Å². The van der Waals surface area contributed by atoms with Gasteiger partial charge >= 0.3 is 18.4 Å². The minimum atomic E-state index is -5.28. The Bertz CT molecular complexity index is 1500. The van der Waals surface area contributed by atoms with E-state index in [1.54, 1.807) is 18.2 Å². The Labute approximate surface area is 263 Å². The van der Waals surface area contributed by atoms with Gasteiger partial charge in [0.05, 0.1) is 23.5 Å². The molecule has 246 valence electrons. The molecule has 3 aromatic rings. The Hall–Kier alpha value is -3.50. The maximum Gasteiger partial charge on any atom is 0.429 e. The highest BCUT2D eigenvalue weighted by Gasteiger charge is 2.66. The number of pyridine rings is 1. The molecule has 0 bridgehead atoms. The van der Waals surface area contributed by atoms with E-state index >= 15 is 13.2 Å². The molecule has 0 spiro atoms. The molecule has 0 aliphatic rings. The Morgan fingerprint density at radius 3 is 2.16 bits per heavy atom. The Morgan fingerprint density at radius 1 is 1.02 bits per heavy atom. The predicted molar refractivity (Wildman–Crippen MR) is 154 cm³/mol. The maximum absolute atomic E-state index is 15.2. The van der Waals surface area contributed by atoms with Crippen LogP contribution in [0.5, 0.6) is 0 Å². The van der Waals surface area contributed by atoms with Gasteiger partial charge in [-0.2, -0.15) is 26.3 Å². The molecule has 9 nitrogen and oxygen atoms in total. The second-order valence-electron chi connectivity index (χ2n) is 11.7. The number of hydrogen-bond donors (Lipinski definition) is 1. The van der Waals surface area contributed by atoms with Crippen LogP contribution in [0.1, 0.15) is 58.6 Å². The van der Waals surface area contributed by atoms with E-state index in [9.17, 15) is 18.0 Å². The summed E-state index contributed by atoms with van der Waals surface area (Å²) in [5, 5.41) is 9.41. The van der Waals surface area contributed by atoms with Crippen LogP contribution in [0.3, 0.4) is 0 Å². The second-order valence-corrected chi connectivity index (χ2v) is 12.4. The average molecular weight is 709 g/mol. The third-order valence-electron chi connectivity index (χ3n) is 5.69. The third-order valence-corrected chi connectivity index (χ3v) is 6.29. The highest BCUT2D eigenvalue weighted by atomic mass is 79.9. The Balaban J connectivity index is 2.25. The van der Waals surface area contributed by atoms with Crippen molar-refractivity contribution in [3.63, 3.8) is 0 Å². The first-order chi connectivity index (χ1) is 20.6. The molecule has 0 saturated heterocycles. The number of rotatable bonds is 9. The van der Waals surface area contributed by atoms with Crippen LogP contribution in [0, 0.1) is 0 Å². The molecule has 2 aromatic heterocycles. The van der Waals surface area contributed by atoms with Crippen LogP contribution in [0.15, 0.2) is 58.1 Å². The van der Waals surface area contributed by atoms with E-state index in [-0.39, 0.29) is 0 Å². The van der Waals surface area contributed by atoms with Crippen LogP contribution in [-0.4, -0.2) is 44.8 Å². The molecular weight excluding hydrogens is 678 g/mol. The van der Waals surface area contributed by atoms with Crippen molar-refractivity contribution in [3.8, 4) is 11.6 Å². The lowest BCUT2D eigenvalue weighted by molar-refractivity contribution is -0.332. The molecule has 2 heterocycles. The Morgan fingerprint density at radius 2 is 1.64 bits per heavy atom. The van der Waals surface area contributed by atoms with Crippen LogP contribution in [0.25, 0.3) is 11.6 Å². The zero-order chi connectivity index (χ0) is 34.0. The molecular formula is C29H31BrF6N4O5. The summed E-state index contributed by atoms with van der Waals surface area (Å²) >= 11 is 2.72. The molecule has 3 rings (SSSR count). The van der Waals surface area contributed by atoms with Crippen LogP contribution in [0.4, 0.5) is 36.8 Å². The largest absolute Gasteiger partial charge is 0.444 e. The summed E-state index contributed by atoms with van der Waals surface area (Å²) in [6.07, 6.45) is -12.5. The van der Waals surface area contributed by atoms with Gasteiger partial charge < -0.3 is 18.6 Å². The van der Waals surface area contributed by atoms with Gasteiger partial charge in [-0.05, 0) is 69.1 Å². The van der Waals surface area contributed by atoms with Crippen molar-refractivity contribution in [1.82, 2.24) is 15.2 Å². The quantitative estimate of drug-likeness (QED) is 0.134. The van der Waals surface area contributed by atoms with E-state index in [0.717, 1.165) is 6.08 Å². The minimum Gasteiger partial charge on any atom is -0.444 e. The molecule has 2 atom stereocenters. The number of hydrogen-bond acceptors (Lipinski definition) is 8. The molecule has 0 fully saturated rings. The smallest absolute Gasteiger partial charge is 0.429 e. The maximum atomic E-state index is 15.2. The molecule has 1 N–H and O–H groups in total. The average Bonchev–Trinajstić information content (AvgIpc) is 3.36. The van der Waals surface area contributed by atoms with Crippen molar-refractivity contribution in [2.24, 2.45) is 0 Å². The van der Waals surface area contributed by atoms with Crippen LogP contribution in [-0.2, 0) is 32.6 Å². The fourth-order valence-corrected chi connectivity index (χ4v) is 4.43. The molecule has 0 aliphatic heterocycles. The van der Waals surface area contributed by atoms with Gasteiger partial charge in [-0.25, -0.2) is 9.78 Å². The van der Waals surface area contributed by atoms with Gasteiger partial charge in [0, 0.05) is 0 Å². The van der Waals surface area contributed by atoms with Crippen LogP contribution < -0.4 is 5.32 Å². The standard InChI is InChI=1S/C29H31BrF6N4O5/c1-8-19(44-25(2,3)4)27(29(34,35)36,42-15-16-12-10-9-11-13-16)23-40-39-22(43-23)20-18(37-24(41)45-26(5,6)7)14-17(21(30)38-20)28(31,32)33/h8-14,19H,1,15H2,2-7H3,(H,37,41). The lowest BCUT2D eigenvalue weighted by atomic mass is 9.93. The molecule has 0 saturated carbocycles. The number of benzene rings is 1. The zero-order valence-electron chi connectivity index (χ0n) is 25.1. The van der Waals surface area contributed by atoms with E-state index in [1.807, 2.05) is 0 Å². The predicted octanol–water partition coefficient (Wildman–Crippen LogP) is 8.60. The SMILES string of the molecule is C=CC(OC(C)(C)C)C(OCc1ccccc1)(c1nnc(-c2nc(Br)c(C(F)(F)F)cc2NC(=O)OC(C)(C)C)o1)C(F)(F)F. The molecule has 1 aromatic carbocycles. The summed E-state index contributed by atoms with van der Waals surface area (Å²) in [5.74, 6) is -1.93. The Kier molecular flexibility index (Phi) is 10.5. The van der Waals surface area contributed by atoms with Gasteiger partial charge in [0.1, 0.15) is 16.3 Å². The summed E-state index contributed by atoms with van der Waals surface area (Å²) in [7, 11) is 0. The van der Waals surface area contributed by atoms with Crippen molar-refractivity contribution < 1.29 is 49.8 Å². The van der Waals surface area contributed by atoms with Gasteiger partial charge in [-0.1, -0.05) is 36.4 Å². The molecule has 2 unspecified atom stereocenters. The summed E-state index contributed by atoms with van der Waals surface area (Å²) in [6, 6.07) is 8.43. The second kappa shape index (κ2) is 13.1. The van der Waals surface area contributed by atoms with Gasteiger partial charge in [0.25, 0.3) is 17.4 Å². The number of halogens is 7. The molecule has 1 amide bonds. The summed E-state index contributed by atoms with van der Waals surface area (Å²) in [6.45, 7) is 12.0. The number of aromatic nitrogens is 3. The third kappa shape index (κ3) is 8.82. The monoisotopic (exact) mass is 708 g/mol. The van der Waals surface area contributed by atoms with Crippen LogP contribution >= 0.6 is 15.9 Å². The minimum absolute atomic E-state index is 0.363. The lowest BCUT2D eigenvalue weighted by Gasteiger charge is -2.40. The first-order valence-electron chi connectivity index (χ1n) is 13.2. The molecule has 45 heavy (non-hydrogen) atoms. The molecule has 0 aliphatic carbocycles. The zero-order valence-corrected chi connectivity index (χ0v) is 26.6. The van der Waals surface area contributed by atoms with Gasteiger partial charge in [-0.15, -0.1) is 16.8 Å². The van der Waals surface area contributed by atoms with E-state index in [2.05, 4.69) is 43.0 Å². The number of anilines is 1. The molecule has 0 radical (unpaired) electrons. The summed E-state index contributed by atoms with van der Waals surface area (Å²) in [5.41, 5.74) is -7.83. The highest BCUT2D eigenvalue weighted by molar-refractivity contribution is 9.10. The number of nitrogens with zero attached hydrogens (tertiary/aromatic N) is 3. The summed E-state index contributed by atoms with van der Waals surface area (Å²) < 4.78 is 108. The number of nitrogens with one attached hydrogen (secondary N) is 1. The normalized spacial score (nSPS) is 14.9. The highest BCUT2D eigenvalue weighted by Crippen LogP contribution is 2.48. The topological polar surface area (TPSA) is 109 Å².